The van der Waals surface area contributed by atoms with E-state index >= 15 is 0 Å². The number of hydrogen-bond acceptors (Lipinski definition) is 2. The van der Waals surface area contributed by atoms with Crippen LogP contribution in [0.3, 0.4) is 0 Å². The maximum absolute atomic E-state index is 7.06. The Morgan fingerprint density at radius 2 is 1.11 bits per heavy atom. The van der Waals surface area contributed by atoms with Gasteiger partial charge in [-0.05, 0) is 115 Å². The van der Waals surface area contributed by atoms with Crippen molar-refractivity contribution in [3.63, 3.8) is 0 Å². The van der Waals surface area contributed by atoms with Gasteiger partial charge in [-0.1, -0.05) is 132 Å². The molecule has 0 atom stereocenters. The number of furan rings is 1. The van der Waals surface area contributed by atoms with Crippen molar-refractivity contribution in [3.8, 4) is 16.8 Å². The third-order valence-corrected chi connectivity index (χ3v) is 12.8. The first-order valence-electron chi connectivity index (χ1n) is 20.5. The molecule has 280 valence electrons. The fourth-order valence-corrected chi connectivity index (χ4v) is 9.50. The lowest BCUT2D eigenvalue weighted by Crippen LogP contribution is -2.60. The molecule has 0 bridgehead atoms. The number of rotatable bonds is 1. The molecular weight excluding hydrogens is 679 g/mol. The van der Waals surface area contributed by atoms with Gasteiger partial charge in [0.2, 0.25) is 0 Å². The summed E-state index contributed by atoms with van der Waals surface area (Å²) in [6.45, 7) is 27.8. The average molecular weight is 733 g/mol. The van der Waals surface area contributed by atoms with Crippen LogP contribution in [0.25, 0.3) is 60.6 Å². The number of para-hydroxylation sites is 1. The van der Waals surface area contributed by atoms with E-state index in [9.17, 15) is 0 Å². The third-order valence-electron chi connectivity index (χ3n) is 12.8. The van der Waals surface area contributed by atoms with Crippen molar-refractivity contribution in [2.24, 2.45) is 0 Å². The topological polar surface area (TPSA) is 21.3 Å². The van der Waals surface area contributed by atoms with Crippen LogP contribution in [0.1, 0.15) is 105 Å². The number of nitrogens with zero attached hydrogens (tertiary/aromatic N) is 2. The second-order valence-electron chi connectivity index (χ2n) is 20.7. The summed E-state index contributed by atoms with van der Waals surface area (Å²) in [5, 5.41) is 4.93. The zero-order chi connectivity index (χ0) is 39.4. The Morgan fingerprint density at radius 3 is 1.79 bits per heavy atom. The van der Waals surface area contributed by atoms with Crippen molar-refractivity contribution in [1.29, 1.82) is 0 Å². The highest BCUT2D eigenvalue weighted by Gasteiger charge is 2.46. The normalized spacial score (nSPS) is 14.4. The molecule has 56 heavy (non-hydrogen) atoms. The molecule has 0 amide bonds. The van der Waals surface area contributed by atoms with Crippen molar-refractivity contribution in [2.75, 3.05) is 4.81 Å². The number of anilines is 2. The lowest BCUT2D eigenvalue weighted by Gasteiger charge is -2.43. The van der Waals surface area contributed by atoms with Gasteiger partial charge in [-0.3, -0.25) is 0 Å². The molecule has 0 radical (unpaired) electrons. The van der Waals surface area contributed by atoms with Gasteiger partial charge in [0.05, 0.1) is 16.7 Å². The van der Waals surface area contributed by atoms with Gasteiger partial charge in [-0.25, -0.2) is 0 Å². The molecule has 10 rings (SSSR count). The van der Waals surface area contributed by atoms with Crippen LogP contribution in [0.15, 0.2) is 108 Å². The summed E-state index contributed by atoms with van der Waals surface area (Å²) in [5.41, 5.74) is 18.6. The second kappa shape index (κ2) is 11.2. The van der Waals surface area contributed by atoms with E-state index in [1.54, 1.807) is 0 Å². The number of benzene rings is 6. The van der Waals surface area contributed by atoms with E-state index in [1.807, 2.05) is 0 Å². The van der Waals surface area contributed by atoms with Gasteiger partial charge in [-0.15, -0.1) is 0 Å². The Kier molecular flexibility index (Phi) is 7.05. The van der Waals surface area contributed by atoms with Crippen molar-refractivity contribution in [3.05, 3.63) is 125 Å². The zero-order valence-corrected chi connectivity index (χ0v) is 35.2. The Morgan fingerprint density at radius 1 is 0.500 bits per heavy atom. The quantitative estimate of drug-likeness (QED) is 0.157. The van der Waals surface area contributed by atoms with E-state index in [4.69, 9.17) is 4.42 Å². The molecule has 2 aliphatic rings. The predicted octanol–water partition coefficient (Wildman–Crippen LogP) is 13.1. The van der Waals surface area contributed by atoms with Gasteiger partial charge >= 0.3 is 6.85 Å². The average Bonchev–Trinajstić information content (AvgIpc) is 3.67. The number of hydrogen-bond donors (Lipinski definition) is 0. The fourth-order valence-electron chi connectivity index (χ4n) is 9.50. The first-order chi connectivity index (χ1) is 26.3. The molecule has 0 unspecified atom stereocenters. The maximum Gasteiger partial charge on any atom is 0.333 e. The van der Waals surface area contributed by atoms with E-state index in [1.165, 1.54) is 88.6 Å². The highest BCUT2D eigenvalue weighted by Crippen LogP contribution is 2.49. The van der Waals surface area contributed by atoms with Gasteiger partial charge in [0.1, 0.15) is 5.58 Å². The molecule has 3 nitrogen and oxygen atoms in total. The van der Waals surface area contributed by atoms with Gasteiger partial charge in [0, 0.05) is 38.5 Å². The standard InChI is InChI=1S/C52H53BN2O/c1-49(2,3)30-17-21-34(22-18-30)55-43-24-20-32(51(7,8)9)25-36(43)38-29-40-35-15-13-14-16-44(35)56-48(40)47-45(38)53(55)41-28-33(52(10,11)12)27-39-37-26-31(50(4,5)6)19-23-42(37)54(47)46(39)41/h13-29H,1-12H3. The monoisotopic (exact) mass is 732 g/mol. The molecule has 6 aromatic carbocycles. The molecule has 2 aliphatic heterocycles. The van der Waals surface area contributed by atoms with Crippen LogP contribution >= 0.6 is 0 Å². The fraction of sp³-hybridized carbons (Fsp3) is 0.308. The SMILES string of the molecule is CC(C)(C)c1ccc(N2B3c4c(cc5c(oc6ccccc65)c4-n4c5ccc(C(C)(C)C)cc5c5cc(C(C)(C)C)cc3c54)-c3cc(C(C)(C)C)ccc32)cc1. The maximum atomic E-state index is 7.06. The third kappa shape index (κ3) is 4.97. The molecule has 4 heteroatoms. The molecule has 4 heterocycles. The van der Waals surface area contributed by atoms with Gasteiger partial charge in [-0.2, -0.15) is 0 Å². The molecule has 0 saturated carbocycles. The minimum Gasteiger partial charge on any atom is -0.454 e. The molecule has 0 fully saturated rings. The summed E-state index contributed by atoms with van der Waals surface area (Å²) >= 11 is 0. The minimum absolute atomic E-state index is 0.0121. The summed E-state index contributed by atoms with van der Waals surface area (Å²) < 4.78 is 9.65. The van der Waals surface area contributed by atoms with Crippen LogP contribution in [-0.2, 0) is 21.7 Å². The summed E-state index contributed by atoms with van der Waals surface area (Å²) in [7, 11) is 0. The van der Waals surface area contributed by atoms with Crippen LogP contribution < -0.4 is 15.7 Å². The summed E-state index contributed by atoms with van der Waals surface area (Å²) in [5.74, 6) is 0. The first-order valence-corrected chi connectivity index (χ1v) is 20.5. The van der Waals surface area contributed by atoms with Crippen LogP contribution in [0, 0.1) is 0 Å². The van der Waals surface area contributed by atoms with Crippen LogP contribution in [0.5, 0.6) is 0 Å². The van der Waals surface area contributed by atoms with Crippen LogP contribution in [0.4, 0.5) is 11.4 Å². The summed E-state index contributed by atoms with van der Waals surface area (Å²) in [6.07, 6.45) is 0. The lowest BCUT2D eigenvalue weighted by molar-refractivity contribution is 0.590. The lowest BCUT2D eigenvalue weighted by atomic mass is 9.43. The highest BCUT2D eigenvalue weighted by molar-refractivity contribution is 6.94. The van der Waals surface area contributed by atoms with E-state index in [0.29, 0.717) is 0 Å². The molecule has 8 aromatic rings. The van der Waals surface area contributed by atoms with Crippen molar-refractivity contribution < 1.29 is 4.42 Å². The number of fused-ring (bicyclic) bond motifs is 11. The summed E-state index contributed by atoms with van der Waals surface area (Å²) in [4.78, 5) is 2.65. The predicted molar refractivity (Wildman–Crippen MR) is 242 cm³/mol. The van der Waals surface area contributed by atoms with Gasteiger partial charge < -0.3 is 13.8 Å². The van der Waals surface area contributed by atoms with Crippen LogP contribution in [-0.4, -0.2) is 11.4 Å². The molecule has 2 aromatic heterocycles. The molecule has 0 aliphatic carbocycles. The number of aromatic nitrogens is 1. The minimum atomic E-state index is -0.0882. The largest absolute Gasteiger partial charge is 0.454 e. The van der Waals surface area contributed by atoms with Gasteiger partial charge in [0.25, 0.3) is 0 Å². The Labute approximate surface area is 332 Å². The second-order valence-corrected chi connectivity index (χ2v) is 20.7. The molecule has 0 saturated heterocycles. The Balaban J connectivity index is 1.44. The Bertz CT molecular complexity index is 2950. The molecule has 0 spiro atoms. The van der Waals surface area contributed by atoms with E-state index < -0.39 is 0 Å². The summed E-state index contributed by atoms with van der Waals surface area (Å²) in [6, 6.07) is 39.9. The van der Waals surface area contributed by atoms with Crippen molar-refractivity contribution >= 4 is 72.9 Å². The van der Waals surface area contributed by atoms with Crippen molar-refractivity contribution in [2.45, 2.75) is 105 Å². The van der Waals surface area contributed by atoms with Crippen LogP contribution in [0.2, 0.25) is 0 Å². The van der Waals surface area contributed by atoms with E-state index in [-0.39, 0.29) is 28.5 Å². The molecular formula is C52H53BN2O. The highest BCUT2D eigenvalue weighted by atomic mass is 16.3. The molecule has 0 N–H and O–H groups in total. The first kappa shape index (κ1) is 35.2. The van der Waals surface area contributed by atoms with E-state index in [2.05, 4.69) is 196 Å². The van der Waals surface area contributed by atoms with Crippen molar-refractivity contribution in [1.82, 2.24) is 4.57 Å². The smallest absolute Gasteiger partial charge is 0.333 e. The Hall–Kier alpha value is -5.22. The van der Waals surface area contributed by atoms with E-state index in [0.717, 1.165) is 16.6 Å². The zero-order valence-electron chi connectivity index (χ0n) is 35.2. The van der Waals surface area contributed by atoms with Gasteiger partial charge in [0.15, 0.2) is 5.58 Å².